The number of ether oxygens (including phenoxy) is 2. The molecule has 2 rings (SSSR count). The van der Waals surface area contributed by atoms with Crippen molar-refractivity contribution in [3.05, 3.63) is 54.1 Å². The standard InChI is InChI=1S/C17H16F3N3O3S/c1-11-2-6-13(7-3-11)25-10-15(24)22-23-16(27)21-12-4-8-14(9-5-12)26-17(18,19)20/h2-9H,10H2,1H3,(H,22,24)(H2,21,23,27). The number of carbonyl (C=O) groups excluding carboxylic acids is 1. The monoisotopic (exact) mass is 399 g/mol. The quantitative estimate of drug-likeness (QED) is 0.530. The molecule has 0 atom stereocenters. The number of hydrogen-bond acceptors (Lipinski definition) is 4. The van der Waals surface area contributed by atoms with Crippen LogP contribution >= 0.6 is 12.2 Å². The zero-order valence-corrected chi connectivity index (χ0v) is 14.9. The van der Waals surface area contributed by atoms with Crippen LogP contribution < -0.4 is 25.6 Å². The SMILES string of the molecule is Cc1ccc(OCC(=O)NNC(=S)Nc2ccc(OC(F)(F)F)cc2)cc1. The van der Waals surface area contributed by atoms with Gasteiger partial charge < -0.3 is 14.8 Å². The molecule has 0 saturated carbocycles. The van der Waals surface area contributed by atoms with Gasteiger partial charge in [0.15, 0.2) is 11.7 Å². The zero-order valence-electron chi connectivity index (χ0n) is 14.1. The number of hydrazine groups is 1. The van der Waals surface area contributed by atoms with E-state index < -0.39 is 12.3 Å². The Labute approximate surface area is 158 Å². The molecule has 0 bridgehead atoms. The first kappa shape index (κ1) is 20.3. The van der Waals surface area contributed by atoms with E-state index in [2.05, 4.69) is 20.9 Å². The largest absolute Gasteiger partial charge is 0.573 e. The average Bonchev–Trinajstić information content (AvgIpc) is 2.60. The summed E-state index contributed by atoms with van der Waals surface area (Å²) in [6.45, 7) is 1.72. The van der Waals surface area contributed by atoms with Crippen LogP contribution in [-0.2, 0) is 4.79 Å². The molecule has 0 saturated heterocycles. The lowest BCUT2D eigenvalue weighted by atomic mass is 10.2. The van der Waals surface area contributed by atoms with Gasteiger partial charge in [-0.25, -0.2) is 0 Å². The smallest absolute Gasteiger partial charge is 0.484 e. The molecule has 0 unspecified atom stereocenters. The number of aryl methyl sites for hydroxylation is 1. The first-order chi connectivity index (χ1) is 12.7. The summed E-state index contributed by atoms with van der Waals surface area (Å²) in [6, 6.07) is 12.2. The molecule has 0 aliphatic rings. The van der Waals surface area contributed by atoms with Crippen LogP contribution in [0.5, 0.6) is 11.5 Å². The molecule has 0 radical (unpaired) electrons. The Morgan fingerprint density at radius 2 is 1.59 bits per heavy atom. The van der Waals surface area contributed by atoms with Crippen LogP contribution in [0.2, 0.25) is 0 Å². The molecule has 1 amide bonds. The molecule has 0 aliphatic carbocycles. The minimum absolute atomic E-state index is 0.0446. The Kier molecular flexibility index (Phi) is 6.83. The van der Waals surface area contributed by atoms with Gasteiger partial charge in [-0.1, -0.05) is 17.7 Å². The van der Waals surface area contributed by atoms with E-state index in [1.54, 1.807) is 12.1 Å². The summed E-state index contributed by atoms with van der Waals surface area (Å²) >= 11 is 4.98. The van der Waals surface area contributed by atoms with Crippen LogP contribution in [0.4, 0.5) is 18.9 Å². The molecule has 6 nitrogen and oxygen atoms in total. The second-order valence-electron chi connectivity index (χ2n) is 5.30. The number of nitrogens with one attached hydrogen (secondary N) is 3. The third kappa shape index (κ3) is 7.82. The molecule has 144 valence electrons. The molecular weight excluding hydrogens is 383 g/mol. The topological polar surface area (TPSA) is 71.6 Å². The highest BCUT2D eigenvalue weighted by Crippen LogP contribution is 2.23. The lowest BCUT2D eigenvalue weighted by molar-refractivity contribution is -0.274. The Morgan fingerprint density at radius 1 is 1.00 bits per heavy atom. The van der Waals surface area contributed by atoms with Gasteiger partial charge >= 0.3 is 6.36 Å². The van der Waals surface area contributed by atoms with Crippen molar-refractivity contribution in [2.75, 3.05) is 11.9 Å². The van der Waals surface area contributed by atoms with Crippen molar-refractivity contribution in [1.29, 1.82) is 0 Å². The first-order valence-electron chi connectivity index (χ1n) is 7.62. The summed E-state index contributed by atoms with van der Waals surface area (Å²) in [5.41, 5.74) is 6.28. The van der Waals surface area contributed by atoms with E-state index in [1.807, 2.05) is 19.1 Å². The van der Waals surface area contributed by atoms with Gasteiger partial charge in [-0.3, -0.25) is 15.6 Å². The number of benzene rings is 2. The first-order valence-corrected chi connectivity index (χ1v) is 8.03. The van der Waals surface area contributed by atoms with Crippen LogP contribution in [0.1, 0.15) is 5.56 Å². The van der Waals surface area contributed by atoms with Gasteiger partial charge in [0.25, 0.3) is 5.91 Å². The van der Waals surface area contributed by atoms with E-state index in [9.17, 15) is 18.0 Å². The Bertz CT molecular complexity index is 781. The predicted octanol–water partition coefficient (Wildman–Crippen LogP) is 3.29. The number of alkyl halides is 3. The molecule has 0 aromatic heterocycles. The average molecular weight is 399 g/mol. The van der Waals surface area contributed by atoms with Crippen LogP contribution in [-0.4, -0.2) is 24.0 Å². The fourth-order valence-electron chi connectivity index (χ4n) is 1.85. The second-order valence-corrected chi connectivity index (χ2v) is 5.71. The molecule has 0 heterocycles. The van der Waals surface area contributed by atoms with Gasteiger partial charge in [0.2, 0.25) is 0 Å². The second kappa shape index (κ2) is 9.08. The van der Waals surface area contributed by atoms with Gasteiger partial charge in [0, 0.05) is 5.69 Å². The van der Waals surface area contributed by atoms with Crippen molar-refractivity contribution in [1.82, 2.24) is 10.9 Å². The number of halogens is 3. The molecule has 3 N–H and O–H groups in total. The number of thiocarbonyl (C=S) groups is 1. The van der Waals surface area contributed by atoms with E-state index in [1.165, 1.54) is 12.1 Å². The van der Waals surface area contributed by atoms with Crippen molar-refractivity contribution in [3.8, 4) is 11.5 Å². The van der Waals surface area contributed by atoms with Gasteiger partial charge in [0.05, 0.1) is 0 Å². The molecular formula is C17H16F3N3O3S. The van der Waals surface area contributed by atoms with Crippen molar-refractivity contribution >= 4 is 28.9 Å². The Hall–Kier alpha value is -3.01. The Morgan fingerprint density at radius 3 is 2.19 bits per heavy atom. The minimum Gasteiger partial charge on any atom is -0.484 e. The highest BCUT2D eigenvalue weighted by atomic mass is 32.1. The highest BCUT2D eigenvalue weighted by molar-refractivity contribution is 7.80. The van der Waals surface area contributed by atoms with Crippen molar-refractivity contribution in [2.45, 2.75) is 13.3 Å². The molecule has 27 heavy (non-hydrogen) atoms. The van der Waals surface area contributed by atoms with Gasteiger partial charge in [0.1, 0.15) is 11.5 Å². The summed E-state index contributed by atoms with van der Waals surface area (Å²) < 4.78 is 45.4. The summed E-state index contributed by atoms with van der Waals surface area (Å²) in [4.78, 5) is 11.7. The van der Waals surface area contributed by atoms with Crippen molar-refractivity contribution < 1.29 is 27.4 Å². The van der Waals surface area contributed by atoms with Gasteiger partial charge in [-0.15, -0.1) is 13.2 Å². The van der Waals surface area contributed by atoms with E-state index in [-0.39, 0.29) is 17.5 Å². The van der Waals surface area contributed by atoms with E-state index >= 15 is 0 Å². The summed E-state index contributed by atoms with van der Waals surface area (Å²) in [5.74, 6) is -0.264. The third-order valence-electron chi connectivity index (χ3n) is 3.05. The molecule has 0 fully saturated rings. The van der Waals surface area contributed by atoms with E-state index in [0.717, 1.165) is 17.7 Å². The fraction of sp³-hybridized carbons (Fsp3) is 0.176. The number of amides is 1. The number of rotatable bonds is 5. The number of hydrogen-bond donors (Lipinski definition) is 3. The molecule has 0 aliphatic heterocycles. The lowest BCUT2D eigenvalue weighted by Crippen LogP contribution is -2.45. The summed E-state index contributed by atoms with van der Waals surface area (Å²) in [6.07, 6.45) is -4.75. The molecule has 0 spiro atoms. The fourth-order valence-corrected chi connectivity index (χ4v) is 2.02. The molecule has 2 aromatic rings. The number of carbonyl (C=O) groups is 1. The predicted molar refractivity (Wildman–Crippen MR) is 97.3 cm³/mol. The molecule has 2 aromatic carbocycles. The maximum atomic E-state index is 12.1. The zero-order chi connectivity index (χ0) is 19.9. The van der Waals surface area contributed by atoms with E-state index in [0.29, 0.717) is 11.4 Å². The minimum atomic E-state index is -4.75. The van der Waals surface area contributed by atoms with Gasteiger partial charge in [-0.05, 0) is 55.5 Å². The summed E-state index contributed by atoms with van der Waals surface area (Å²) in [7, 11) is 0. The highest BCUT2D eigenvalue weighted by Gasteiger charge is 2.30. The Balaban J connectivity index is 1.72. The summed E-state index contributed by atoms with van der Waals surface area (Å²) in [5, 5.41) is 2.74. The van der Waals surface area contributed by atoms with Gasteiger partial charge in [-0.2, -0.15) is 0 Å². The maximum Gasteiger partial charge on any atom is 0.573 e. The normalized spacial score (nSPS) is 10.7. The lowest BCUT2D eigenvalue weighted by Gasteiger charge is -2.13. The maximum absolute atomic E-state index is 12.1. The van der Waals surface area contributed by atoms with Crippen molar-refractivity contribution in [3.63, 3.8) is 0 Å². The number of anilines is 1. The third-order valence-corrected chi connectivity index (χ3v) is 3.26. The van der Waals surface area contributed by atoms with Crippen LogP contribution in [0.15, 0.2) is 48.5 Å². The van der Waals surface area contributed by atoms with Crippen LogP contribution in [0.25, 0.3) is 0 Å². The van der Waals surface area contributed by atoms with Crippen molar-refractivity contribution in [2.24, 2.45) is 0 Å². The molecule has 10 heteroatoms. The van der Waals surface area contributed by atoms with Crippen LogP contribution in [0, 0.1) is 6.92 Å². The van der Waals surface area contributed by atoms with Crippen LogP contribution in [0.3, 0.4) is 0 Å². The van der Waals surface area contributed by atoms with E-state index in [4.69, 9.17) is 17.0 Å².